The van der Waals surface area contributed by atoms with E-state index in [-0.39, 0.29) is 11.5 Å². The highest BCUT2D eigenvalue weighted by Crippen LogP contribution is 2.26. The molecule has 1 amide bonds. The predicted molar refractivity (Wildman–Crippen MR) is 74.6 cm³/mol. The van der Waals surface area contributed by atoms with E-state index in [1.165, 1.54) is 12.1 Å². The molecule has 1 aromatic carbocycles. The van der Waals surface area contributed by atoms with Crippen LogP contribution in [0.2, 0.25) is 0 Å². The third-order valence-electron chi connectivity index (χ3n) is 2.90. The Labute approximate surface area is 118 Å². The highest BCUT2D eigenvalue weighted by Gasteiger charge is 2.15. The highest BCUT2D eigenvalue weighted by atomic mass is 19.1. The number of nitrogens with one attached hydrogen (secondary N) is 2. The second-order valence-corrected chi connectivity index (χ2v) is 4.44. The Morgan fingerprint density at radius 2 is 2.19 bits per heavy atom. The predicted octanol–water partition coefficient (Wildman–Crippen LogP) is 1.64. The number of rotatable bonds is 3. The standard InChI is InChI=1S/C13H11FN6O/c1-6-17-13(11(12(15)21)20-19-6)18-9-5-8(14)4-7-2-3-16-10(7)9/h2-5,16H,1H3,(H2,15,21)(H,17,18,19). The average Bonchev–Trinajstić information content (AvgIpc) is 2.86. The van der Waals surface area contributed by atoms with E-state index in [9.17, 15) is 9.18 Å². The molecule has 2 heterocycles. The quantitative estimate of drug-likeness (QED) is 0.678. The number of aryl methyl sites for hydroxylation is 1. The number of aromatic nitrogens is 4. The maximum atomic E-state index is 13.6. The molecule has 0 unspecified atom stereocenters. The van der Waals surface area contributed by atoms with Crippen LogP contribution < -0.4 is 11.1 Å². The zero-order chi connectivity index (χ0) is 15.0. The van der Waals surface area contributed by atoms with Crippen molar-refractivity contribution in [2.45, 2.75) is 6.92 Å². The van der Waals surface area contributed by atoms with Crippen molar-refractivity contribution < 1.29 is 9.18 Å². The van der Waals surface area contributed by atoms with E-state index in [1.807, 2.05) is 0 Å². The van der Waals surface area contributed by atoms with Crippen LogP contribution in [0.25, 0.3) is 10.9 Å². The molecule has 3 rings (SSSR count). The maximum Gasteiger partial charge on any atom is 0.273 e. The van der Waals surface area contributed by atoms with Crippen LogP contribution in [0.1, 0.15) is 16.3 Å². The number of amides is 1. The van der Waals surface area contributed by atoms with Gasteiger partial charge < -0.3 is 16.0 Å². The van der Waals surface area contributed by atoms with Crippen molar-refractivity contribution in [3.8, 4) is 0 Å². The molecule has 0 aliphatic heterocycles. The van der Waals surface area contributed by atoms with Gasteiger partial charge in [0.1, 0.15) is 11.6 Å². The number of primary amides is 1. The van der Waals surface area contributed by atoms with Crippen molar-refractivity contribution in [2.24, 2.45) is 5.73 Å². The number of benzene rings is 1. The minimum Gasteiger partial charge on any atom is -0.364 e. The van der Waals surface area contributed by atoms with Gasteiger partial charge in [0.2, 0.25) is 0 Å². The number of carbonyl (C=O) groups is 1. The van der Waals surface area contributed by atoms with Gasteiger partial charge >= 0.3 is 0 Å². The van der Waals surface area contributed by atoms with E-state index < -0.39 is 11.7 Å². The Hall–Kier alpha value is -3.03. The molecule has 0 fully saturated rings. The first-order chi connectivity index (χ1) is 10.0. The van der Waals surface area contributed by atoms with E-state index in [2.05, 4.69) is 25.5 Å². The van der Waals surface area contributed by atoms with Gasteiger partial charge in [-0.2, -0.15) is 0 Å². The van der Waals surface area contributed by atoms with Crippen LogP contribution in [0.15, 0.2) is 24.4 Å². The summed E-state index contributed by atoms with van der Waals surface area (Å²) in [7, 11) is 0. The topological polar surface area (TPSA) is 110 Å². The van der Waals surface area contributed by atoms with Gasteiger partial charge in [-0.3, -0.25) is 4.79 Å². The first-order valence-corrected chi connectivity index (χ1v) is 6.09. The Morgan fingerprint density at radius 3 is 2.95 bits per heavy atom. The number of carbonyl (C=O) groups excluding carboxylic acids is 1. The molecule has 7 nitrogen and oxygen atoms in total. The minimum absolute atomic E-state index is 0.107. The van der Waals surface area contributed by atoms with Crippen LogP contribution in [-0.4, -0.2) is 26.1 Å². The molecule has 8 heteroatoms. The summed E-state index contributed by atoms with van der Waals surface area (Å²) < 4.78 is 13.6. The second-order valence-electron chi connectivity index (χ2n) is 4.44. The van der Waals surface area contributed by atoms with Gasteiger partial charge in [0.05, 0.1) is 11.2 Å². The van der Waals surface area contributed by atoms with E-state index in [4.69, 9.17) is 5.73 Å². The van der Waals surface area contributed by atoms with Crippen LogP contribution in [0.3, 0.4) is 0 Å². The van der Waals surface area contributed by atoms with Gasteiger partial charge in [0.15, 0.2) is 11.5 Å². The normalized spacial score (nSPS) is 10.8. The van der Waals surface area contributed by atoms with Gasteiger partial charge in [-0.1, -0.05) is 0 Å². The van der Waals surface area contributed by atoms with Gasteiger partial charge in [-0.25, -0.2) is 9.37 Å². The summed E-state index contributed by atoms with van der Waals surface area (Å²) in [5.74, 6) is -0.682. The van der Waals surface area contributed by atoms with Crippen LogP contribution in [0, 0.1) is 12.7 Å². The number of nitrogens with two attached hydrogens (primary N) is 1. The molecule has 0 aliphatic carbocycles. The largest absolute Gasteiger partial charge is 0.364 e. The number of anilines is 2. The molecule has 2 aromatic heterocycles. The van der Waals surface area contributed by atoms with E-state index in [0.29, 0.717) is 22.4 Å². The summed E-state index contributed by atoms with van der Waals surface area (Å²) in [6.07, 6.45) is 1.69. The molecule has 0 saturated carbocycles. The van der Waals surface area contributed by atoms with Gasteiger partial charge in [-0.05, 0) is 25.1 Å². The fourth-order valence-electron chi connectivity index (χ4n) is 2.02. The summed E-state index contributed by atoms with van der Waals surface area (Å²) in [5.41, 5.74) is 6.24. The molecule has 4 N–H and O–H groups in total. The molecule has 0 aliphatic rings. The molecule has 3 aromatic rings. The molecule has 0 saturated heterocycles. The fourth-order valence-corrected chi connectivity index (χ4v) is 2.02. The van der Waals surface area contributed by atoms with E-state index >= 15 is 0 Å². The van der Waals surface area contributed by atoms with Crippen LogP contribution in [0.4, 0.5) is 15.9 Å². The smallest absolute Gasteiger partial charge is 0.273 e. The van der Waals surface area contributed by atoms with Gasteiger partial charge in [0.25, 0.3) is 5.91 Å². The first-order valence-electron chi connectivity index (χ1n) is 6.09. The number of hydrogen-bond donors (Lipinski definition) is 3. The number of hydrogen-bond acceptors (Lipinski definition) is 5. The van der Waals surface area contributed by atoms with E-state index in [1.54, 1.807) is 19.2 Å². The number of halogens is 1. The van der Waals surface area contributed by atoms with Crippen molar-refractivity contribution in [1.82, 2.24) is 20.2 Å². The lowest BCUT2D eigenvalue weighted by Gasteiger charge is -2.09. The molecule has 0 atom stereocenters. The van der Waals surface area contributed by atoms with Gasteiger partial charge in [0, 0.05) is 11.6 Å². The Balaban J connectivity index is 2.12. The Kier molecular flexibility index (Phi) is 2.98. The minimum atomic E-state index is -0.767. The number of fused-ring (bicyclic) bond motifs is 1. The maximum absolute atomic E-state index is 13.6. The summed E-state index contributed by atoms with van der Waals surface area (Å²) in [4.78, 5) is 18.4. The third-order valence-corrected chi connectivity index (χ3v) is 2.90. The highest BCUT2D eigenvalue weighted by molar-refractivity contribution is 5.98. The van der Waals surface area contributed by atoms with Crippen molar-refractivity contribution >= 4 is 28.3 Å². The van der Waals surface area contributed by atoms with Crippen molar-refractivity contribution in [1.29, 1.82) is 0 Å². The SMILES string of the molecule is Cc1nnc(C(N)=O)c(Nc2cc(F)cc3cc[nH]c23)n1. The molecule has 21 heavy (non-hydrogen) atoms. The lowest BCUT2D eigenvalue weighted by molar-refractivity contribution is 0.0995. The molecule has 106 valence electrons. The number of nitrogens with zero attached hydrogens (tertiary/aromatic N) is 3. The zero-order valence-electron chi connectivity index (χ0n) is 11.0. The van der Waals surface area contributed by atoms with Gasteiger partial charge in [-0.15, -0.1) is 10.2 Å². The monoisotopic (exact) mass is 286 g/mol. The molecule has 0 spiro atoms. The van der Waals surface area contributed by atoms with Crippen LogP contribution >= 0.6 is 0 Å². The summed E-state index contributed by atoms with van der Waals surface area (Å²) in [6, 6.07) is 4.43. The Morgan fingerprint density at radius 1 is 1.38 bits per heavy atom. The Bertz CT molecular complexity index is 844. The molecular formula is C13H11FN6O. The average molecular weight is 286 g/mol. The molecule has 0 bridgehead atoms. The fraction of sp³-hybridized carbons (Fsp3) is 0.0769. The first kappa shape index (κ1) is 13.0. The molecule has 0 radical (unpaired) electrons. The summed E-state index contributed by atoms with van der Waals surface area (Å²) in [5, 5.41) is 11.0. The lowest BCUT2D eigenvalue weighted by atomic mass is 10.2. The lowest BCUT2D eigenvalue weighted by Crippen LogP contribution is -2.18. The number of H-pyrrole nitrogens is 1. The van der Waals surface area contributed by atoms with Crippen LogP contribution in [0.5, 0.6) is 0 Å². The molecular weight excluding hydrogens is 275 g/mol. The van der Waals surface area contributed by atoms with Crippen LogP contribution in [-0.2, 0) is 0 Å². The van der Waals surface area contributed by atoms with Crippen molar-refractivity contribution in [3.63, 3.8) is 0 Å². The zero-order valence-corrected chi connectivity index (χ0v) is 11.0. The van der Waals surface area contributed by atoms with E-state index in [0.717, 1.165) is 0 Å². The summed E-state index contributed by atoms with van der Waals surface area (Å²) in [6.45, 7) is 1.62. The third kappa shape index (κ3) is 2.38. The summed E-state index contributed by atoms with van der Waals surface area (Å²) >= 11 is 0. The van der Waals surface area contributed by atoms with Crippen molar-refractivity contribution in [3.05, 3.63) is 41.7 Å². The number of aromatic amines is 1. The second kappa shape index (κ2) is 4.82. The van der Waals surface area contributed by atoms with Crippen molar-refractivity contribution in [2.75, 3.05) is 5.32 Å².